The van der Waals surface area contributed by atoms with Gasteiger partial charge in [-0.25, -0.2) is 0 Å². The van der Waals surface area contributed by atoms with Gasteiger partial charge in [-0.2, -0.15) is 5.10 Å². The standard InChI is InChI=1S/C13H15N3O2/c1-9-12(8-15-16-9)13(18)14-7-6-10-2-4-11(17)5-3-10/h2-5,8,17H,6-7H2,1H3,(H,14,18)(H,15,16). The fraction of sp³-hybridized carbons (Fsp3) is 0.231. The van der Waals surface area contributed by atoms with Crippen molar-refractivity contribution in [2.24, 2.45) is 0 Å². The average molecular weight is 245 g/mol. The van der Waals surface area contributed by atoms with Crippen LogP contribution in [0, 0.1) is 6.92 Å². The van der Waals surface area contributed by atoms with E-state index in [2.05, 4.69) is 15.5 Å². The minimum Gasteiger partial charge on any atom is -0.508 e. The Morgan fingerprint density at radius 2 is 2.11 bits per heavy atom. The number of rotatable bonds is 4. The Morgan fingerprint density at radius 3 is 2.72 bits per heavy atom. The molecule has 0 atom stereocenters. The Morgan fingerprint density at radius 1 is 1.39 bits per heavy atom. The van der Waals surface area contributed by atoms with E-state index < -0.39 is 0 Å². The molecule has 0 fully saturated rings. The van der Waals surface area contributed by atoms with Gasteiger partial charge >= 0.3 is 0 Å². The fourth-order valence-electron chi connectivity index (χ4n) is 1.66. The lowest BCUT2D eigenvalue weighted by Gasteiger charge is -2.04. The summed E-state index contributed by atoms with van der Waals surface area (Å²) in [6.07, 6.45) is 2.24. The largest absolute Gasteiger partial charge is 0.508 e. The molecular formula is C13H15N3O2. The van der Waals surface area contributed by atoms with Crippen LogP contribution >= 0.6 is 0 Å². The summed E-state index contributed by atoms with van der Waals surface area (Å²) in [5.74, 6) is 0.122. The lowest BCUT2D eigenvalue weighted by Crippen LogP contribution is -2.25. The minimum absolute atomic E-state index is 0.125. The molecule has 1 amide bonds. The van der Waals surface area contributed by atoms with Gasteiger partial charge in [-0.05, 0) is 31.0 Å². The van der Waals surface area contributed by atoms with Gasteiger partial charge in [-0.1, -0.05) is 12.1 Å². The number of benzene rings is 1. The molecule has 0 saturated carbocycles. The molecule has 1 heterocycles. The smallest absolute Gasteiger partial charge is 0.254 e. The number of aromatic hydroxyl groups is 1. The monoisotopic (exact) mass is 245 g/mol. The molecule has 5 heteroatoms. The van der Waals surface area contributed by atoms with E-state index >= 15 is 0 Å². The van der Waals surface area contributed by atoms with Gasteiger partial charge in [0, 0.05) is 12.2 Å². The van der Waals surface area contributed by atoms with E-state index in [1.807, 2.05) is 19.1 Å². The van der Waals surface area contributed by atoms with E-state index in [1.54, 1.807) is 12.1 Å². The second-order valence-corrected chi connectivity index (χ2v) is 4.08. The summed E-state index contributed by atoms with van der Waals surface area (Å²) >= 11 is 0. The van der Waals surface area contributed by atoms with Gasteiger partial charge in [0.05, 0.1) is 11.8 Å². The third-order valence-electron chi connectivity index (χ3n) is 2.71. The number of hydrogen-bond acceptors (Lipinski definition) is 3. The molecule has 0 aliphatic carbocycles. The summed E-state index contributed by atoms with van der Waals surface area (Å²) in [6.45, 7) is 2.36. The third-order valence-corrected chi connectivity index (χ3v) is 2.71. The molecule has 0 saturated heterocycles. The van der Waals surface area contributed by atoms with Crippen LogP contribution in [-0.2, 0) is 6.42 Å². The van der Waals surface area contributed by atoms with Crippen LogP contribution < -0.4 is 5.32 Å². The van der Waals surface area contributed by atoms with Crippen LogP contribution in [-0.4, -0.2) is 27.8 Å². The second kappa shape index (κ2) is 5.35. The molecule has 0 aliphatic heterocycles. The maximum atomic E-state index is 11.8. The van der Waals surface area contributed by atoms with Gasteiger partial charge in [0.2, 0.25) is 0 Å². The first-order valence-corrected chi connectivity index (χ1v) is 5.73. The molecule has 1 aromatic carbocycles. The number of nitrogens with one attached hydrogen (secondary N) is 2. The summed E-state index contributed by atoms with van der Waals surface area (Å²) in [5.41, 5.74) is 2.40. The van der Waals surface area contributed by atoms with E-state index in [-0.39, 0.29) is 11.7 Å². The number of carbonyl (C=O) groups is 1. The van der Waals surface area contributed by atoms with Crippen LogP contribution in [0.5, 0.6) is 5.75 Å². The van der Waals surface area contributed by atoms with Crippen molar-refractivity contribution in [2.75, 3.05) is 6.54 Å². The van der Waals surface area contributed by atoms with Gasteiger partial charge in [0.1, 0.15) is 5.75 Å². The average Bonchev–Trinajstić information content (AvgIpc) is 2.78. The summed E-state index contributed by atoms with van der Waals surface area (Å²) < 4.78 is 0. The van der Waals surface area contributed by atoms with Gasteiger partial charge in [0.15, 0.2) is 0 Å². The molecule has 18 heavy (non-hydrogen) atoms. The maximum absolute atomic E-state index is 11.8. The Bertz CT molecular complexity index is 531. The van der Waals surface area contributed by atoms with Crippen LogP contribution in [0.3, 0.4) is 0 Å². The van der Waals surface area contributed by atoms with Crippen molar-refractivity contribution in [3.05, 3.63) is 47.3 Å². The van der Waals surface area contributed by atoms with E-state index in [4.69, 9.17) is 5.11 Å². The summed E-state index contributed by atoms with van der Waals surface area (Å²) in [5, 5.41) is 18.5. The van der Waals surface area contributed by atoms with E-state index in [1.165, 1.54) is 6.20 Å². The molecule has 0 bridgehead atoms. The van der Waals surface area contributed by atoms with E-state index in [9.17, 15) is 4.79 Å². The van der Waals surface area contributed by atoms with Crippen molar-refractivity contribution in [1.82, 2.24) is 15.5 Å². The third kappa shape index (κ3) is 2.88. The highest BCUT2D eigenvalue weighted by atomic mass is 16.3. The summed E-state index contributed by atoms with van der Waals surface area (Å²) in [7, 11) is 0. The number of aromatic amines is 1. The molecule has 3 N–H and O–H groups in total. The number of hydrogen-bond donors (Lipinski definition) is 3. The number of H-pyrrole nitrogens is 1. The Hall–Kier alpha value is -2.30. The molecule has 0 aliphatic rings. The number of carbonyl (C=O) groups excluding carboxylic acids is 1. The van der Waals surface area contributed by atoms with Crippen molar-refractivity contribution in [3.8, 4) is 5.75 Å². The fourth-order valence-corrected chi connectivity index (χ4v) is 1.66. The lowest BCUT2D eigenvalue weighted by molar-refractivity contribution is 0.0953. The number of phenols is 1. The first-order valence-electron chi connectivity index (χ1n) is 5.73. The zero-order valence-corrected chi connectivity index (χ0v) is 10.1. The highest BCUT2D eigenvalue weighted by Crippen LogP contribution is 2.09. The number of nitrogens with zero attached hydrogens (tertiary/aromatic N) is 1. The highest BCUT2D eigenvalue weighted by molar-refractivity contribution is 5.94. The van der Waals surface area contributed by atoms with Gasteiger partial charge in [-0.15, -0.1) is 0 Å². The summed E-state index contributed by atoms with van der Waals surface area (Å²) in [6, 6.07) is 6.95. The topological polar surface area (TPSA) is 78.0 Å². The van der Waals surface area contributed by atoms with Crippen LogP contribution in [0.25, 0.3) is 0 Å². The molecule has 0 radical (unpaired) electrons. The number of amides is 1. The van der Waals surface area contributed by atoms with Crippen LogP contribution in [0.1, 0.15) is 21.6 Å². The zero-order chi connectivity index (χ0) is 13.0. The molecule has 94 valence electrons. The molecule has 5 nitrogen and oxygen atoms in total. The normalized spacial score (nSPS) is 10.3. The number of phenolic OH excluding ortho intramolecular Hbond substituents is 1. The van der Waals surface area contributed by atoms with Crippen molar-refractivity contribution in [3.63, 3.8) is 0 Å². The molecule has 2 aromatic rings. The van der Waals surface area contributed by atoms with Gasteiger partial charge < -0.3 is 10.4 Å². The summed E-state index contributed by atoms with van der Waals surface area (Å²) in [4.78, 5) is 11.8. The van der Waals surface area contributed by atoms with Crippen LogP contribution in [0.4, 0.5) is 0 Å². The molecule has 1 aromatic heterocycles. The van der Waals surface area contributed by atoms with Crippen molar-refractivity contribution >= 4 is 5.91 Å². The molecule has 0 unspecified atom stereocenters. The molecular weight excluding hydrogens is 230 g/mol. The predicted molar refractivity (Wildman–Crippen MR) is 67.5 cm³/mol. The molecule has 0 spiro atoms. The van der Waals surface area contributed by atoms with Crippen molar-refractivity contribution < 1.29 is 9.90 Å². The molecule has 2 rings (SSSR count). The van der Waals surface area contributed by atoms with Crippen molar-refractivity contribution in [1.29, 1.82) is 0 Å². The van der Waals surface area contributed by atoms with Crippen LogP contribution in [0.2, 0.25) is 0 Å². The zero-order valence-electron chi connectivity index (χ0n) is 10.1. The second-order valence-electron chi connectivity index (χ2n) is 4.08. The number of aryl methyl sites for hydroxylation is 1. The van der Waals surface area contributed by atoms with Crippen molar-refractivity contribution in [2.45, 2.75) is 13.3 Å². The maximum Gasteiger partial charge on any atom is 0.254 e. The van der Waals surface area contributed by atoms with E-state index in [0.717, 1.165) is 17.7 Å². The minimum atomic E-state index is -0.125. The lowest BCUT2D eigenvalue weighted by atomic mass is 10.1. The van der Waals surface area contributed by atoms with Gasteiger partial charge in [-0.3, -0.25) is 9.89 Å². The van der Waals surface area contributed by atoms with Gasteiger partial charge in [0.25, 0.3) is 5.91 Å². The highest BCUT2D eigenvalue weighted by Gasteiger charge is 2.09. The Kier molecular flexibility index (Phi) is 3.62. The van der Waals surface area contributed by atoms with E-state index in [0.29, 0.717) is 12.1 Å². The Labute approximate surface area is 105 Å². The quantitative estimate of drug-likeness (QED) is 0.761. The van der Waals surface area contributed by atoms with Crippen LogP contribution in [0.15, 0.2) is 30.5 Å². The predicted octanol–water partition coefficient (Wildman–Crippen LogP) is 1.40. The SMILES string of the molecule is Cc1[nH]ncc1C(=O)NCCc1ccc(O)cc1. The Balaban J connectivity index is 1.84. The number of aromatic nitrogens is 2. The first kappa shape index (κ1) is 12.2. The first-order chi connectivity index (χ1) is 8.66.